The van der Waals surface area contributed by atoms with Gasteiger partial charge in [0.1, 0.15) is 11.4 Å². The zero-order chi connectivity index (χ0) is 15.4. The van der Waals surface area contributed by atoms with E-state index in [9.17, 15) is 14.4 Å². The van der Waals surface area contributed by atoms with Gasteiger partial charge >= 0.3 is 5.97 Å². The number of primary amides is 1. The lowest BCUT2D eigenvalue weighted by Gasteiger charge is -2.05. The van der Waals surface area contributed by atoms with Crippen molar-refractivity contribution in [1.29, 1.82) is 0 Å². The second-order valence-corrected chi connectivity index (χ2v) is 4.11. The molecule has 0 bridgehead atoms. The van der Waals surface area contributed by atoms with Gasteiger partial charge in [-0.25, -0.2) is 9.78 Å². The first-order valence-electron chi connectivity index (χ1n) is 5.89. The smallest absolute Gasteiger partial charge is 0.354 e. The van der Waals surface area contributed by atoms with Crippen molar-refractivity contribution in [3.63, 3.8) is 0 Å². The van der Waals surface area contributed by atoms with E-state index in [2.05, 4.69) is 10.3 Å². The molecule has 2 amide bonds. The van der Waals surface area contributed by atoms with Gasteiger partial charge in [0.15, 0.2) is 0 Å². The Hall–Kier alpha value is -3.22. The highest BCUT2D eigenvalue weighted by Crippen LogP contribution is 2.11. The number of aromatic carboxylic acids is 1. The van der Waals surface area contributed by atoms with Gasteiger partial charge in [-0.15, -0.1) is 0 Å². The first-order valence-corrected chi connectivity index (χ1v) is 5.89. The monoisotopic (exact) mass is 285 g/mol. The summed E-state index contributed by atoms with van der Waals surface area (Å²) in [5, 5.41) is 11.4. The van der Waals surface area contributed by atoms with E-state index in [-0.39, 0.29) is 11.4 Å². The summed E-state index contributed by atoms with van der Waals surface area (Å²) >= 11 is 0. The molecule has 0 aliphatic heterocycles. The van der Waals surface area contributed by atoms with Gasteiger partial charge in [-0.2, -0.15) is 0 Å². The van der Waals surface area contributed by atoms with Crippen LogP contribution < -0.4 is 11.1 Å². The van der Waals surface area contributed by atoms with Crippen LogP contribution in [-0.4, -0.2) is 27.9 Å². The lowest BCUT2D eigenvalue weighted by atomic mass is 10.2. The maximum Gasteiger partial charge on any atom is 0.354 e. The third kappa shape index (κ3) is 3.41. The number of carboxylic acid groups (broad SMARTS) is 1. The Kier molecular flexibility index (Phi) is 3.94. The highest BCUT2D eigenvalue weighted by atomic mass is 16.4. The number of aromatic nitrogens is 1. The summed E-state index contributed by atoms with van der Waals surface area (Å²) in [6.45, 7) is 0. The van der Waals surface area contributed by atoms with Crippen LogP contribution in [0.25, 0.3) is 0 Å². The number of benzene rings is 1. The third-order valence-corrected chi connectivity index (χ3v) is 2.63. The fraction of sp³-hybridized carbons (Fsp3) is 0. The second-order valence-electron chi connectivity index (χ2n) is 4.11. The van der Waals surface area contributed by atoms with E-state index in [1.54, 1.807) is 0 Å². The molecule has 1 aromatic heterocycles. The number of carbonyl (C=O) groups is 3. The number of nitrogens with two attached hydrogens (primary N) is 1. The Morgan fingerprint density at radius 2 is 1.62 bits per heavy atom. The summed E-state index contributed by atoms with van der Waals surface area (Å²) in [5.74, 6) is -2.33. The zero-order valence-corrected chi connectivity index (χ0v) is 10.7. The third-order valence-electron chi connectivity index (χ3n) is 2.63. The Morgan fingerprint density at radius 3 is 2.19 bits per heavy atom. The van der Waals surface area contributed by atoms with E-state index in [0.717, 1.165) is 0 Å². The Morgan fingerprint density at radius 1 is 1.00 bits per heavy atom. The first-order chi connectivity index (χ1) is 9.97. The summed E-state index contributed by atoms with van der Waals surface area (Å²) in [6, 6.07) is 10.1. The van der Waals surface area contributed by atoms with E-state index in [1.165, 1.54) is 42.5 Å². The van der Waals surface area contributed by atoms with E-state index in [0.29, 0.717) is 11.3 Å². The molecule has 2 aromatic rings. The van der Waals surface area contributed by atoms with Crippen molar-refractivity contribution in [2.75, 3.05) is 5.32 Å². The van der Waals surface area contributed by atoms with Gasteiger partial charge in [0.25, 0.3) is 5.91 Å². The highest BCUT2D eigenvalue weighted by molar-refractivity contribution is 6.03. The minimum atomic E-state index is -1.21. The Labute approximate surface area is 119 Å². The molecule has 106 valence electrons. The minimum Gasteiger partial charge on any atom is -0.477 e. The summed E-state index contributed by atoms with van der Waals surface area (Å²) in [6.07, 6.45) is 0. The van der Waals surface area contributed by atoms with Gasteiger partial charge < -0.3 is 16.2 Å². The van der Waals surface area contributed by atoms with Gasteiger partial charge in [-0.3, -0.25) is 9.59 Å². The van der Waals surface area contributed by atoms with E-state index in [4.69, 9.17) is 10.8 Å². The van der Waals surface area contributed by atoms with Crippen molar-refractivity contribution >= 4 is 23.5 Å². The van der Waals surface area contributed by atoms with Gasteiger partial charge in [-0.1, -0.05) is 6.07 Å². The number of nitrogens with one attached hydrogen (secondary N) is 1. The standard InChI is InChI=1S/C14H11N3O4/c15-12(18)8-4-6-9(7-5-8)16-13(19)10-2-1-3-11(17-10)14(20)21/h1-7H,(H2,15,18)(H,16,19)(H,20,21). The minimum absolute atomic E-state index is 0.0196. The number of carbonyl (C=O) groups excluding carboxylic acids is 2. The summed E-state index contributed by atoms with van der Waals surface area (Å²) in [4.78, 5) is 37.4. The molecule has 7 heteroatoms. The topological polar surface area (TPSA) is 122 Å². The maximum atomic E-state index is 11.9. The first kappa shape index (κ1) is 14.2. The summed E-state index contributed by atoms with van der Waals surface area (Å²) in [5.41, 5.74) is 5.63. The molecule has 0 unspecified atom stereocenters. The molecule has 0 radical (unpaired) electrons. The van der Waals surface area contributed by atoms with Crippen molar-refractivity contribution in [3.05, 3.63) is 59.4 Å². The summed E-state index contributed by atoms with van der Waals surface area (Å²) in [7, 11) is 0. The average molecular weight is 285 g/mol. The van der Waals surface area contributed by atoms with Crippen molar-refractivity contribution in [2.45, 2.75) is 0 Å². The normalized spacial score (nSPS) is 9.90. The number of amides is 2. The molecule has 4 N–H and O–H groups in total. The van der Waals surface area contributed by atoms with Gasteiger partial charge in [0, 0.05) is 11.3 Å². The number of carboxylic acids is 1. The van der Waals surface area contributed by atoms with Crippen molar-refractivity contribution in [2.24, 2.45) is 5.73 Å². The molecule has 1 heterocycles. The molecule has 0 saturated carbocycles. The lowest BCUT2D eigenvalue weighted by Crippen LogP contribution is -2.16. The zero-order valence-electron chi connectivity index (χ0n) is 10.7. The quantitative estimate of drug-likeness (QED) is 0.777. The van der Waals surface area contributed by atoms with Crippen LogP contribution >= 0.6 is 0 Å². The number of anilines is 1. The van der Waals surface area contributed by atoms with Crippen molar-refractivity contribution < 1.29 is 19.5 Å². The highest BCUT2D eigenvalue weighted by Gasteiger charge is 2.11. The van der Waals surface area contributed by atoms with Crippen LogP contribution in [0.15, 0.2) is 42.5 Å². The Bertz CT molecular complexity index is 710. The predicted octanol–water partition coefficient (Wildman–Crippen LogP) is 1.13. The molecule has 1 aromatic carbocycles. The lowest BCUT2D eigenvalue weighted by molar-refractivity contribution is 0.0690. The molecular formula is C14H11N3O4. The number of rotatable bonds is 4. The molecule has 2 rings (SSSR count). The van der Waals surface area contributed by atoms with Crippen LogP contribution in [0.3, 0.4) is 0 Å². The van der Waals surface area contributed by atoms with Gasteiger partial charge in [0.2, 0.25) is 5.91 Å². The molecule has 0 atom stereocenters. The fourth-order valence-electron chi connectivity index (χ4n) is 1.59. The van der Waals surface area contributed by atoms with Crippen LogP contribution in [0.2, 0.25) is 0 Å². The van der Waals surface area contributed by atoms with Crippen molar-refractivity contribution in [3.8, 4) is 0 Å². The molecule has 0 spiro atoms. The van der Waals surface area contributed by atoms with Gasteiger partial charge in [0.05, 0.1) is 0 Å². The number of hydrogen-bond acceptors (Lipinski definition) is 4. The SMILES string of the molecule is NC(=O)c1ccc(NC(=O)c2cccc(C(=O)O)n2)cc1. The molecule has 0 aliphatic rings. The van der Waals surface area contributed by atoms with Crippen LogP contribution in [0.1, 0.15) is 31.3 Å². The molecule has 0 saturated heterocycles. The molecule has 0 aliphatic carbocycles. The predicted molar refractivity (Wildman–Crippen MR) is 74.1 cm³/mol. The van der Waals surface area contributed by atoms with Crippen LogP contribution in [0.5, 0.6) is 0 Å². The largest absolute Gasteiger partial charge is 0.477 e. The molecule has 0 fully saturated rings. The van der Waals surface area contributed by atoms with Gasteiger partial charge in [-0.05, 0) is 36.4 Å². The second kappa shape index (κ2) is 5.83. The molecule has 21 heavy (non-hydrogen) atoms. The van der Waals surface area contributed by atoms with E-state index < -0.39 is 17.8 Å². The van der Waals surface area contributed by atoms with Crippen LogP contribution in [0, 0.1) is 0 Å². The van der Waals surface area contributed by atoms with Crippen LogP contribution in [0.4, 0.5) is 5.69 Å². The summed E-state index contributed by atoms with van der Waals surface area (Å²) < 4.78 is 0. The van der Waals surface area contributed by atoms with Crippen molar-refractivity contribution in [1.82, 2.24) is 4.98 Å². The average Bonchev–Trinajstić information content (AvgIpc) is 2.48. The Balaban J connectivity index is 2.16. The maximum absolute atomic E-state index is 11.9. The number of hydrogen-bond donors (Lipinski definition) is 3. The number of pyridine rings is 1. The molecule has 7 nitrogen and oxygen atoms in total. The molecular weight excluding hydrogens is 274 g/mol. The number of nitrogens with zero attached hydrogens (tertiary/aromatic N) is 1. The van der Waals surface area contributed by atoms with E-state index >= 15 is 0 Å². The fourth-order valence-corrected chi connectivity index (χ4v) is 1.59. The van der Waals surface area contributed by atoms with E-state index in [1.807, 2.05) is 0 Å². The van der Waals surface area contributed by atoms with Crippen LogP contribution in [-0.2, 0) is 0 Å².